The number of nitrogens with zero attached hydrogens (tertiary/aromatic N) is 2. The molecule has 3 aliphatic rings. The lowest BCUT2D eigenvalue weighted by Gasteiger charge is -2.50. The van der Waals surface area contributed by atoms with Crippen LogP contribution in [0.5, 0.6) is 0 Å². The van der Waals surface area contributed by atoms with Gasteiger partial charge in [-0.05, 0) is 73.1 Å². The Labute approximate surface area is 160 Å². The standard InChI is InChI=1S/C25H26N2/c1-25-15-14-19-18-7-3-2-6-17(18)10-11-20(19)21(25)12-13-24(25)27-16-26-22-8-4-5-9-23(22)27/h2-9,13,16,19-21H,10-12,14-15H2,1H3/t19-,20-,21+,25+/m1/s1. The highest BCUT2D eigenvalue weighted by molar-refractivity contribution is 5.80. The van der Waals surface area contributed by atoms with Crippen LogP contribution in [0.25, 0.3) is 16.7 Å². The quantitative estimate of drug-likeness (QED) is 0.520. The van der Waals surface area contributed by atoms with Crippen LogP contribution in [0.3, 0.4) is 0 Å². The predicted molar refractivity (Wildman–Crippen MR) is 110 cm³/mol. The number of hydrogen-bond acceptors (Lipinski definition) is 1. The molecule has 3 aliphatic carbocycles. The van der Waals surface area contributed by atoms with Crippen molar-refractivity contribution in [1.82, 2.24) is 9.55 Å². The fourth-order valence-corrected chi connectivity index (χ4v) is 6.59. The first-order valence-electron chi connectivity index (χ1n) is 10.5. The summed E-state index contributed by atoms with van der Waals surface area (Å²) in [4.78, 5) is 4.67. The second-order valence-electron chi connectivity index (χ2n) is 9.00. The first kappa shape index (κ1) is 15.7. The first-order valence-corrected chi connectivity index (χ1v) is 10.5. The molecule has 136 valence electrons. The Morgan fingerprint density at radius 2 is 1.89 bits per heavy atom. The molecule has 0 radical (unpaired) electrons. The summed E-state index contributed by atoms with van der Waals surface area (Å²) in [5, 5.41) is 0. The first-order chi connectivity index (χ1) is 13.3. The number of aryl methyl sites for hydroxylation is 1. The predicted octanol–water partition coefficient (Wildman–Crippen LogP) is 6.04. The van der Waals surface area contributed by atoms with Crippen LogP contribution in [0.1, 0.15) is 49.7 Å². The largest absolute Gasteiger partial charge is 0.302 e. The van der Waals surface area contributed by atoms with E-state index < -0.39 is 0 Å². The van der Waals surface area contributed by atoms with Gasteiger partial charge in [0, 0.05) is 11.1 Å². The third-order valence-electron chi connectivity index (χ3n) is 7.89. The molecule has 0 spiro atoms. The van der Waals surface area contributed by atoms with Crippen molar-refractivity contribution in [3.8, 4) is 0 Å². The Bertz CT molecular complexity index is 1060. The van der Waals surface area contributed by atoms with Gasteiger partial charge in [-0.1, -0.05) is 49.4 Å². The number of benzene rings is 2. The fraction of sp³-hybridized carbons (Fsp3) is 0.400. The summed E-state index contributed by atoms with van der Waals surface area (Å²) < 4.78 is 2.38. The maximum absolute atomic E-state index is 4.67. The number of imidazole rings is 1. The monoisotopic (exact) mass is 354 g/mol. The highest BCUT2D eigenvalue weighted by Crippen LogP contribution is 2.62. The molecule has 1 saturated carbocycles. The van der Waals surface area contributed by atoms with E-state index in [9.17, 15) is 0 Å². The number of fused-ring (bicyclic) bond motifs is 6. The molecule has 0 amide bonds. The molecule has 1 aromatic heterocycles. The smallest absolute Gasteiger partial charge is 0.100 e. The zero-order chi connectivity index (χ0) is 18.0. The normalized spacial score (nSPS) is 31.9. The van der Waals surface area contributed by atoms with Gasteiger partial charge in [0.05, 0.1) is 11.0 Å². The Morgan fingerprint density at radius 1 is 1.04 bits per heavy atom. The van der Waals surface area contributed by atoms with Gasteiger partial charge in [-0.15, -0.1) is 0 Å². The molecule has 2 heteroatoms. The molecule has 3 aromatic rings. The van der Waals surface area contributed by atoms with Crippen LogP contribution in [0, 0.1) is 17.3 Å². The molecule has 0 aliphatic heterocycles. The fourth-order valence-electron chi connectivity index (χ4n) is 6.59. The van der Waals surface area contributed by atoms with E-state index in [2.05, 4.69) is 71.1 Å². The molecule has 1 fully saturated rings. The van der Waals surface area contributed by atoms with Gasteiger partial charge in [-0.25, -0.2) is 4.98 Å². The van der Waals surface area contributed by atoms with Gasteiger partial charge < -0.3 is 4.57 Å². The summed E-state index contributed by atoms with van der Waals surface area (Å²) in [6, 6.07) is 17.8. The zero-order valence-corrected chi connectivity index (χ0v) is 15.9. The highest BCUT2D eigenvalue weighted by Gasteiger charge is 2.52. The van der Waals surface area contributed by atoms with Gasteiger partial charge in [-0.2, -0.15) is 0 Å². The van der Waals surface area contributed by atoms with Gasteiger partial charge in [0.15, 0.2) is 0 Å². The molecule has 6 rings (SSSR count). The maximum atomic E-state index is 4.67. The third kappa shape index (κ3) is 2.10. The number of allylic oxidation sites excluding steroid dienone is 2. The van der Waals surface area contributed by atoms with E-state index in [1.165, 1.54) is 43.3 Å². The molecule has 0 bridgehead atoms. The minimum atomic E-state index is 0.275. The van der Waals surface area contributed by atoms with Crippen molar-refractivity contribution in [3.63, 3.8) is 0 Å². The van der Waals surface area contributed by atoms with E-state index in [0.717, 1.165) is 23.3 Å². The van der Waals surface area contributed by atoms with Crippen LogP contribution in [0.2, 0.25) is 0 Å². The SMILES string of the molecule is C[C@]12CC[C@@H]3c4ccccc4CC[C@H]3[C@@H]1CC=C2n1cnc2ccccc21. The third-order valence-corrected chi connectivity index (χ3v) is 7.89. The average molecular weight is 354 g/mol. The molecule has 0 N–H and O–H groups in total. The van der Waals surface area contributed by atoms with Gasteiger partial charge in [0.25, 0.3) is 0 Å². The zero-order valence-electron chi connectivity index (χ0n) is 15.9. The van der Waals surface area contributed by atoms with Crippen molar-refractivity contribution in [2.75, 3.05) is 0 Å². The topological polar surface area (TPSA) is 17.8 Å². The van der Waals surface area contributed by atoms with E-state index in [1.807, 2.05) is 6.33 Å². The molecular weight excluding hydrogens is 328 g/mol. The lowest BCUT2D eigenvalue weighted by Crippen LogP contribution is -2.41. The number of para-hydroxylation sites is 2. The summed E-state index contributed by atoms with van der Waals surface area (Å²) in [5.41, 5.74) is 7.38. The molecule has 0 saturated heterocycles. The summed E-state index contributed by atoms with van der Waals surface area (Å²) in [7, 11) is 0. The van der Waals surface area contributed by atoms with E-state index in [4.69, 9.17) is 0 Å². The van der Waals surface area contributed by atoms with Gasteiger partial charge in [-0.3, -0.25) is 0 Å². The van der Waals surface area contributed by atoms with E-state index in [1.54, 1.807) is 11.1 Å². The molecule has 2 aromatic carbocycles. The van der Waals surface area contributed by atoms with Crippen LogP contribution in [-0.2, 0) is 6.42 Å². The molecule has 4 atom stereocenters. The molecule has 1 heterocycles. The minimum Gasteiger partial charge on any atom is -0.302 e. The van der Waals surface area contributed by atoms with Crippen molar-refractivity contribution in [1.29, 1.82) is 0 Å². The molecule has 27 heavy (non-hydrogen) atoms. The van der Waals surface area contributed by atoms with E-state index in [0.29, 0.717) is 0 Å². The Hall–Kier alpha value is -2.35. The van der Waals surface area contributed by atoms with Crippen molar-refractivity contribution in [3.05, 3.63) is 72.1 Å². The maximum Gasteiger partial charge on any atom is 0.100 e. The second kappa shape index (κ2) is 5.58. The summed E-state index contributed by atoms with van der Waals surface area (Å²) in [6.45, 7) is 2.53. The van der Waals surface area contributed by atoms with E-state index in [-0.39, 0.29) is 5.41 Å². The summed E-state index contributed by atoms with van der Waals surface area (Å²) in [5.74, 6) is 2.35. The van der Waals surface area contributed by atoms with Crippen LogP contribution in [0.4, 0.5) is 0 Å². The second-order valence-corrected chi connectivity index (χ2v) is 9.00. The number of hydrogen-bond donors (Lipinski definition) is 0. The average Bonchev–Trinajstić information content (AvgIpc) is 3.28. The van der Waals surface area contributed by atoms with Crippen molar-refractivity contribution in [2.24, 2.45) is 17.3 Å². The molecule has 0 unspecified atom stereocenters. The lowest BCUT2D eigenvalue weighted by atomic mass is 9.55. The Morgan fingerprint density at radius 3 is 2.85 bits per heavy atom. The number of aromatic nitrogens is 2. The van der Waals surface area contributed by atoms with Gasteiger partial charge >= 0.3 is 0 Å². The van der Waals surface area contributed by atoms with Crippen LogP contribution in [-0.4, -0.2) is 9.55 Å². The Kier molecular flexibility index (Phi) is 3.24. The Balaban J connectivity index is 1.40. The van der Waals surface area contributed by atoms with Crippen LogP contribution in [0.15, 0.2) is 60.9 Å². The van der Waals surface area contributed by atoms with Crippen LogP contribution < -0.4 is 0 Å². The lowest BCUT2D eigenvalue weighted by molar-refractivity contribution is 0.0856. The van der Waals surface area contributed by atoms with Crippen molar-refractivity contribution >= 4 is 16.7 Å². The summed E-state index contributed by atoms with van der Waals surface area (Å²) >= 11 is 0. The van der Waals surface area contributed by atoms with Crippen molar-refractivity contribution in [2.45, 2.75) is 44.9 Å². The minimum absolute atomic E-state index is 0.275. The molecular formula is C25H26N2. The van der Waals surface area contributed by atoms with Crippen molar-refractivity contribution < 1.29 is 0 Å². The number of rotatable bonds is 1. The summed E-state index contributed by atoms with van der Waals surface area (Å²) in [6.07, 6.45) is 11.0. The molecule has 2 nitrogen and oxygen atoms in total. The van der Waals surface area contributed by atoms with Gasteiger partial charge in [0.2, 0.25) is 0 Å². The van der Waals surface area contributed by atoms with Gasteiger partial charge in [0.1, 0.15) is 6.33 Å². The highest BCUT2D eigenvalue weighted by atomic mass is 15.1. The van der Waals surface area contributed by atoms with Crippen LogP contribution >= 0.6 is 0 Å². The van der Waals surface area contributed by atoms with E-state index >= 15 is 0 Å².